The van der Waals surface area contributed by atoms with Crippen molar-refractivity contribution in [2.24, 2.45) is 11.8 Å². The highest BCUT2D eigenvalue weighted by atomic mass is 14.3. The van der Waals surface area contributed by atoms with E-state index in [4.69, 9.17) is 0 Å². The molecule has 0 saturated heterocycles. The minimum absolute atomic E-state index is 0.757. The first kappa shape index (κ1) is 22.2. The Bertz CT molecular complexity index is 845. The molecule has 0 bridgehead atoms. The van der Waals surface area contributed by atoms with Crippen molar-refractivity contribution in [3.63, 3.8) is 0 Å². The van der Waals surface area contributed by atoms with Crippen molar-refractivity contribution in [1.29, 1.82) is 0 Å². The second kappa shape index (κ2) is 11.0. The van der Waals surface area contributed by atoms with Crippen molar-refractivity contribution in [3.05, 3.63) is 70.8 Å². The van der Waals surface area contributed by atoms with Gasteiger partial charge < -0.3 is 0 Å². The minimum atomic E-state index is 0.757. The Morgan fingerprint density at radius 3 is 1.55 bits per heavy atom. The van der Waals surface area contributed by atoms with Crippen LogP contribution in [0, 0.1) is 23.7 Å². The zero-order chi connectivity index (χ0) is 21.5. The van der Waals surface area contributed by atoms with Gasteiger partial charge in [0.25, 0.3) is 0 Å². The SMILES string of the molecule is CCCCC1CCC(c2ccc(C#Cc3ccc(C4CCC(C)CC4)cc3)cc2)CC1. The third kappa shape index (κ3) is 6.26. The van der Waals surface area contributed by atoms with Gasteiger partial charge in [-0.25, -0.2) is 0 Å². The van der Waals surface area contributed by atoms with Crippen LogP contribution < -0.4 is 0 Å². The van der Waals surface area contributed by atoms with Crippen LogP contribution in [-0.4, -0.2) is 0 Å². The van der Waals surface area contributed by atoms with Crippen molar-refractivity contribution in [1.82, 2.24) is 0 Å². The molecule has 0 N–H and O–H groups in total. The van der Waals surface area contributed by atoms with Crippen LogP contribution >= 0.6 is 0 Å². The lowest BCUT2D eigenvalue weighted by Crippen LogP contribution is -2.13. The Kier molecular flexibility index (Phi) is 7.91. The molecule has 0 amide bonds. The molecule has 2 aromatic carbocycles. The molecule has 0 heterocycles. The van der Waals surface area contributed by atoms with Crippen LogP contribution in [0.5, 0.6) is 0 Å². The Morgan fingerprint density at radius 1 is 0.645 bits per heavy atom. The second-order valence-corrected chi connectivity index (χ2v) is 10.3. The highest BCUT2D eigenvalue weighted by Gasteiger charge is 2.22. The van der Waals surface area contributed by atoms with E-state index >= 15 is 0 Å². The van der Waals surface area contributed by atoms with E-state index < -0.39 is 0 Å². The Morgan fingerprint density at radius 2 is 1.10 bits per heavy atom. The van der Waals surface area contributed by atoms with Crippen molar-refractivity contribution in [3.8, 4) is 11.8 Å². The third-order valence-electron chi connectivity index (χ3n) is 7.94. The van der Waals surface area contributed by atoms with Crippen molar-refractivity contribution in [2.75, 3.05) is 0 Å². The summed E-state index contributed by atoms with van der Waals surface area (Å²) in [5.41, 5.74) is 5.28. The molecule has 0 aliphatic heterocycles. The maximum absolute atomic E-state index is 3.38. The smallest absolute Gasteiger partial charge is 0.0249 e. The summed E-state index contributed by atoms with van der Waals surface area (Å²) in [6.45, 7) is 4.70. The van der Waals surface area contributed by atoms with Gasteiger partial charge in [0.2, 0.25) is 0 Å². The number of unbranched alkanes of at least 4 members (excludes halogenated alkanes) is 1. The molecule has 0 atom stereocenters. The van der Waals surface area contributed by atoms with Crippen LogP contribution in [0.15, 0.2) is 48.5 Å². The molecule has 31 heavy (non-hydrogen) atoms. The number of hydrogen-bond donors (Lipinski definition) is 0. The standard InChI is InChI=1S/C31H40/c1-3-4-5-25-10-18-30(19-11-25)31-22-14-27(15-23-31)9-8-26-12-20-29(21-13-26)28-16-6-24(2)7-17-28/h12-15,20-25,28,30H,3-7,10-11,16-19H2,1-2H3. The van der Waals surface area contributed by atoms with Crippen molar-refractivity contribution < 1.29 is 0 Å². The number of benzene rings is 2. The fourth-order valence-corrected chi connectivity index (χ4v) is 5.69. The van der Waals surface area contributed by atoms with Gasteiger partial charge >= 0.3 is 0 Å². The van der Waals surface area contributed by atoms with Crippen LogP contribution in [0.4, 0.5) is 0 Å². The van der Waals surface area contributed by atoms with E-state index in [0.29, 0.717) is 0 Å². The van der Waals surface area contributed by atoms with E-state index in [1.165, 1.54) is 81.8 Å². The Labute approximate surface area is 190 Å². The predicted molar refractivity (Wildman–Crippen MR) is 133 cm³/mol. The highest BCUT2D eigenvalue weighted by Crippen LogP contribution is 2.38. The molecule has 0 aromatic heterocycles. The van der Waals surface area contributed by atoms with E-state index in [2.05, 4.69) is 74.2 Å². The molecule has 2 aliphatic carbocycles. The second-order valence-electron chi connectivity index (χ2n) is 10.3. The number of rotatable bonds is 5. The first-order chi connectivity index (χ1) is 15.2. The molecule has 164 valence electrons. The van der Waals surface area contributed by atoms with Crippen molar-refractivity contribution >= 4 is 0 Å². The molecule has 0 spiro atoms. The molecule has 2 aliphatic rings. The largest absolute Gasteiger partial charge is 0.0654 e. The van der Waals surface area contributed by atoms with Gasteiger partial charge in [-0.1, -0.05) is 82.1 Å². The summed E-state index contributed by atoms with van der Waals surface area (Å²) in [4.78, 5) is 0. The topological polar surface area (TPSA) is 0 Å². The third-order valence-corrected chi connectivity index (χ3v) is 7.94. The van der Waals surface area contributed by atoms with Crippen LogP contribution in [0.2, 0.25) is 0 Å². The summed E-state index contributed by atoms with van der Waals surface area (Å²) in [5.74, 6) is 10.2. The summed E-state index contributed by atoms with van der Waals surface area (Å²) in [6.07, 6.45) is 15.2. The molecule has 0 heteroatoms. The molecule has 0 radical (unpaired) electrons. The zero-order valence-electron chi connectivity index (χ0n) is 19.7. The van der Waals surface area contributed by atoms with Gasteiger partial charge in [0.1, 0.15) is 0 Å². The molecule has 2 fully saturated rings. The first-order valence-electron chi connectivity index (χ1n) is 12.9. The van der Waals surface area contributed by atoms with Gasteiger partial charge in [-0.3, -0.25) is 0 Å². The highest BCUT2D eigenvalue weighted by molar-refractivity contribution is 5.44. The fraction of sp³-hybridized carbons (Fsp3) is 0.548. The Balaban J connectivity index is 1.31. The molecule has 2 saturated carbocycles. The van der Waals surface area contributed by atoms with Gasteiger partial charge in [0.15, 0.2) is 0 Å². The monoisotopic (exact) mass is 412 g/mol. The van der Waals surface area contributed by atoms with Gasteiger partial charge in [-0.15, -0.1) is 0 Å². The van der Waals surface area contributed by atoms with E-state index in [1.807, 2.05) is 0 Å². The van der Waals surface area contributed by atoms with Crippen LogP contribution in [0.25, 0.3) is 0 Å². The minimum Gasteiger partial charge on any atom is -0.0654 e. The zero-order valence-corrected chi connectivity index (χ0v) is 19.7. The quantitative estimate of drug-likeness (QED) is 0.430. The molecular weight excluding hydrogens is 372 g/mol. The fourth-order valence-electron chi connectivity index (χ4n) is 5.69. The lowest BCUT2D eigenvalue weighted by atomic mass is 9.77. The van der Waals surface area contributed by atoms with Gasteiger partial charge in [0.05, 0.1) is 0 Å². The van der Waals surface area contributed by atoms with Crippen LogP contribution in [-0.2, 0) is 0 Å². The molecule has 0 nitrogen and oxygen atoms in total. The van der Waals surface area contributed by atoms with Gasteiger partial charge in [-0.2, -0.15) is 0 Å². The van der Waals surface area contributed by atoms with Crippen LogP contribution in [0.1, 0.15) is 119 Å². The van der Waals surface area contributed by atoms with Gasteiger partial charge in [-0.05, 0) is 97.6 Å². The average molecular weight is 413 g/mol. The first-order valence-corrected chi connectivity index (χ1v) is 12.9. The van der Waals surface area contributed by atoms with E-state index in [1.54, 1.807) is 0 Å². The average Bonchev–Trinajstić information content (AvgIpc) is 2.83. The lowest BCUT2D eigenvalue weighted by Gasteiger charge is -2.28. The maximum Gasteiger partial charge on any atom is 0.0249 e. The summed E-state index contributed by atoms with van der Waals surface area (Å²) >= 11 is 0. The molecule has 4 rings (SSSR count). The Hall–Kier alpha value is -2.00. The summed E-state index contributed by atoms with van der Waals surface area (Å²) < 4.78 is 0. The molecular formula is C31H40. The molecule has 2 aromatic rings. The van der Waals surface area contributed by atoms with Crippen LogP contribution in [0.3, 0.4) is 0 Å². The van der Waals surface area contributed by atoms with E-state index in [9.17, 15) is 0 Å². The van der Waals surface area contributed by atoms with Crippen molar-refractivity contribution in [2.45, 2.75) is 96.3 Å². The van der Waals surface area contributed by atoms with E-state index in [0.717, 1.165) is 34.8 Å². The normalized spacial score (nSPS) is 26.1. The summed E-state index contributed by atoms with van der Waals surface area (Å²) in [5, 5.41) is 0. The van der Waals surface area contributed by atoms with E-state index in [-0.39, 0.29) is 0 Å². The maximum atomic E-state index is 3.38. The lowest BCUT2D eigenvalue weighted by molar-refractivity contribution is 0.304. The van der Waals surface area contributed by atoms with Gasteiger partial charge in [0, 0.05) is 11.1 Å². The predicted octanol–water partition coefficient (Wildman–Crippen LogP) is 8.84. The number of hydrogen-bond acceptors (Lipinski definition) is 0. The molecule has 0 unspecified atom stereocenters. The summed E-state index contributed by atoms with van der Waals surface area (Å²) in [7, 11) is 0. The summed E-state index contributed by atoms with van der Waals surface area (Å²) in [6, 6.07) is 18.2.